The van der Waals surface area contributed by atoms with Crippen LogP contribution >= 0.6 is 22.6 Å². The summed E-state index contributed by atoms with van der Waals surface area (Å²) in [5, 5.41) is 2.99. The van der Waals surface area contributed by atoms with Crippen molar-refractivity contribution >= 4 is 32.6 Å². The first-order valence-electron chi connectivity index (χ1n) is 4.39. The van der Waals surface area contributed by atoms with Crippen LogP contribution < -0.4 is 10.0 Å². The van der Waals surface area contributed by atoms with Crippen LogP contribution in [-0.4, -0.2) is 27.8 Å². The van der Waals surface area contributed by atoms with Crippen molar-refractivity contribution in [1.82, 2.24) is 10.0 Å². The predicted octanol–water partition coefficient (Wildman–Crippen LogP) is 0.523. The van der Waals surface area contributed by atoms with Gasteiger partial charge in [0.1, 0.15) is 5.76 Å². The molecule has 0 bridgehead atoms. The topological polar surface area (TPSA) is 71.3 Å². The molecule has 1 heterocycles. The zero-order valence-corrected chi connectivity index (χ0v) is 11.3. The van der Waals surface area contributed by atoms with Gasteiger partial charge in [-0.1, -0.05) is 0 Å². The van der Waals surface area contributed by atoms with E-state index in [4.69, 9.17) is 4.42 Å². The second-order valence-corrected chi connectivity index (χ2v) is 6.01. The Morgan fingerprint density at radius 1 is 1.47 bits per heavy atom. The highest BCUT2D eigenvalue weighted by Crippen LogP contribution is 2.09. The molecule has 1 aromatic rings. The fourth-order valence-electron chi connectivity index (χ4n) is 0.967. The molecule has 0 aliphatic carbocycles. The summed E-state index contributed by atoms with van der Waals surface area (Å²) in [6.45, 7) is 0.947. The molecule has 0 aromatic carbocycles. The van der Waals surface area contributed by atoms with Crippen molar-refractivity contribution in [2.24, 2.45) is 0 Å². The normalized spacial score (nSPS) is 11.9. The van der Waals surface area contributed by atoms with Crippen LogP contribution in [0.1, 0.15) is 5.76 Å². The van der Waals surface area contributed by atoms with Crippen LogP contribution in [0.5, 0.6) is 0 Å². The van der Waals surface area contributed by atoms with Crippen molar-refractivity contribution in [2.75, 3.05) is 19.3 Å². The summed E-state index contributed by atoms with van der Waals surface area (Å²) < 4.78 is 30.5. The molecule has 0 saturated heterocycles. The van der Waals surface area contributed by atoms with Gasteiger partial charge in [-0.3, -0.25) is 0 Å². The van der Waals surface area contributed by atoms with Crippen LogP contribution in [0.2, 0.25) is 0 Å². The van der Waals surface area contributed by atoms with Crippen molar-refractivity contribution in [2.45, 2.75) is 6.54 Å². The molecular formula is C8H13IN2O3S. The lowest BCUT2D eigenvalue weighted by molar-refractivity contribution is 0.466. The van der Waals surface area contributed by atoms with E-state index in [-0.39, 0.29) is 5.75 Å². The van der Waals surface area contributed by atoms with E-state index in [0.29, 0.717) is 13.1 Å². The first-order chi connectivity index (χ1) is 7.03. The number of hydrogen-bond donors (Lipinski definition) is 2. The third-order valence-electron chi connectivity index (χ3n) is 1.79. The van der Waals surface area contributed by atoms with Gasteiger partial charge in [0.05, 0.1) is 12.3 Å². The fraction of sp³-hybridized carbons (Fsp3) is 0.500. The molecule has 0 radical (unpaired) electrons. The van der Waals surface area contributed by atoms with Crippen LogP contribution in [0.4, 0.5) is 0 Å². The Labute approximate surface area is 103 Å². The highest BCUT2D eigenvalue weighted by Gasteiger charge is 2.05. The average molecular weight is 344 g/mol. The summed E-state index contributed by atoms with van der Waals surface area (Å²) in [6, 6.07) is 3.73. The minimum Gasteiger partial charge on any atom is -0.454 e. The number of halogens is 1. The van der Waals surface area contributed by atoms with E-state index in [0.717, 1.165) is 9.53 Å². The molecule has 0 aliphatic rings. The second-order valence-electron chi connectivity index (χ2n) is 2.91. The van der Waals surface area contributed by atoms with Gasteiger partial charge >= 0.3 is 0 Å². The third kappa shape index (κ3) is 4.96. The first kappa shape index (κ1) is 12.9. The average Bonchev–Trinajstić information content (AvgIpc) is 2.59. The molecule has 15 heavy (non-hydrogen) atoms. The first-order valence-corrected chi connectivity index (χ1v) is 7.13. The van der Waals surface area contributed by atoms with Gasteiger partial charge in [-0.2, -0.15) is 0 Å². The predicted molar refractivity (Wildman–Crippen MR) is 66.0 cm³/mol. The van der Waals surface area contributed by atoms with Gasteiger partial charge in [0.15, 0.2) is 3.77 Å². The van der Waals surface area contributed by atoms with Crippen LogP contribution in [0.3, 0.4) is 0 Å². The molecule has 1 rings (SSSR count). The van der Waals surface area contributed by atoms with Gasteiger partial charge in [0.25, 0.3) is 0 Å². The zero-order chi connectivity index (χ0) is 11.3. The van der Waals surface area contributed by atoms with Gasteiger partial charge in [0.2, 0.25) is 10.0 Å². The Bertz CT molecular complexity index is 402. The Kier molecular flexibility index (Phi) is 5.03. The maximum Gasteiger partial charge on any atom is 0.212 e. The van der Waals surface area contributed by atoms with E-state index < -0.39 is 10.0 Å². The van der Waals surface area contributed by atoms with Crippen molar-refractivity contribution in [3.8, 4) is 0 Å². The lowest BCUT2D eigenvalue weighted by atomic mass is 10.4. The molecular weight excluding hydrogens is 331 g/mol. The molecule has 5 nitrogen and oxygen atoms in total. The number of furan rings is 1. The summed E-state index contributed by atoms with van der Waals surface area (Å²) in [5.41, 5.74) is 0. The van der Waals surface area contributed by atoms with Crippen LogP contribution in [0, 0.1) is 3.77 Å². The number of sulfonamides is 1. The quantitative estimate of drug-likeness (QED) is 0.583. The van der Waals surface area contributed by atoms with E-state index in [1.165, 1.54) is 7.05 Å². The van der Waals surface area contributed by atoms with Gasteiger partial charge in [-0.25, -0.2) is 13.1 Å². The van der Waals surface area contributed by atoms with Crippen LogP contribution in [-0.2, 0) is 16.6 Å². The van der Waals surface area contributed by atoms with Gasteiger partial charge < -0.3 is 9.73 Å². The Morgan fingerprint density at radius 2 is 2.20 bits per heavy atom. The summed E-state index contributed by atoms with van der Waals surface area (Å²) in [4.78, 5) is 0. The molecule has 1 aromatic heterocycles. The maximum absolute atomic E-state index is 11.0. The zero-order valence-electron chi connectivity index (χ0n) is 8.29. The van der Waals surface area contributed by atoms with E-state index >= 15 is 0 Å². The van der Waals surface area contributed by atoms with E-state index in [9.17, 15) is 8.42 Å². The molecule has 0 saturated carbocycles. The standard InChI is InChI=1S/C8H13IN2O3S/c1-10-15(12,13)5-4-11-6-7-2-3-8(9)14-7/h2-3,10-11H,4-6H2,1H3. The highest BCUT2D eigenvalue weighted by atomic mass is 127. The lowest BCUT2D eigenvalue weighted by Gasteiger charge is -2.03. The number of nitrogens with one attached hydrogen (secondary N) is 2. The Hall–Kier alpha value is -0.120. The maximum atomic E-state index is 11.0. The van der Waals surface area contributed by atoms with E-state index in [1.807, 2.05) is 12.1 Å². The highest BCUT2D eigenvalue weighted by molar-refractivity contribution is 14.1. The van der Waals surface area contributed by atoms with Crippen molar-refractivity contribution < 1.29 is 12.8 Å². The molecule has 0 aliphatic heterocycles. The Morgan fingerprint density at radius 3 is 2.73 bits per heavy atom. The van der Waals surface area contributed by atoms with Gasteiger partial charge in [-0.05, 0) is 41.8 Å². The largest absolute Gasteiger partial charge is 0.454 e. The van der Waals surface area contributed by atoms with Crippen molar-refractivity contribution in [3.63, 3.8) is 0 Å². The molecule has 0 fully saturated rings. The molecule has 2 N–H and O–H groups in total. The second kappa shape index (κ2) is 5.83. The molecule has 0 spiro atoms. The molecule has 0 atom stereocenters. The summed E-state index contributed by atoms with van der Waals surface area (Å²) in [5.74, 6) is 0.877. The van der Waals surface area contributed by atoms with Crippen molar-refractivity contribution in [1.29, 1.82) is 0 Å². The minimum absolute atomic E-state index is 0.0707. The molecule has 7 heteroatoms. The van der Waals surface area contributed by atoms with Gasteiger partial charge in [0, 0.05) is 6.54 Å². The summed E-state index contributed by atoms with van der Waals surface area (Å²) >= 11 is 2.08. The van der Waals surface area contributed by atoms with E-state index in [2.05, 4.69) is 32.6 Å². The van der Waals surface area contributed by atoms with Gasteiger partial charge in [-0.15, -0.1) is 0 Å². The third-order valence-corrected chi connectivity index (χ3v) is 3.73. The lowest BCUT2D eigenvalue weighted by Crippen LogP contribution is -2.29. The van der Waals surface area contributed by atoms with E-state index in [1.54, 1.807) is 0 Å². The van der Waals surface area contributed by atoms with Crippen LogP contribution in [0.25, 0.3) is 0 Å². The number of hydrogen-bond acceptors (Lipinski definition) is 4. The SMILES string of the molecule is CNS(=O)(=O)CCNCc1ccc(I)o1. The summed E-state index contributed by atoms with van der Waals surface area (Å²) in [6.07, 6.45) is 0. The molecule has 0 unspecified atom stereocenters. The van der Waals surface area contributed by atoms with Crippen LogP contribution in [0.15, 0.2) is 16.5 Å². The van der Waals surface area contributed by atoms with Crippen molar-refractivity contribution in [3.05, 3.63) is 21.7 Å². The fourth-order valence-corrected chi connectivity index (χ4v) is 2.05. The molecule has 86 valence electrons. The minimum atomic E-state index is -3.11. The monoisotopic (exact) mass is 344 g/mol. The smallest absolute Gasteiger partial charge is 0.212 e. The molecule has 0 amide bonds. The number of rotatable bonds is 6. The summed E-state index contributed by atoms with van der Waals surface area (Å²) in [7, 11) is -1.71. The Balaban J connectivity index is 2.23.